The Kier molecular flexibility index (Phi) is 2.06. The van der Waals surface area contributed by atoms with Crippen molar-refractivity contribution in [2.75, 3.05) is 11.1 Å². The van der Waals surface area contributed by atoms with E-state index in [0.29, 0.717) is 11.9 Å². The fourth-order valence-electron chi connectivity index (χ4n) is 1.43. The van der Waals surface area contributed by atoms with Gasteiger partial charge in [0.2, 0.25) is 0 Å². The van der Waals surface area contributed by atoms with Crippen molar-refractivity contribution in [3.05, 3.63) is 18.3 Å². The van der Waals surface area contributed by atoms with Crippen LogP contribution in [0.25, 0.3) is 0 Å². The van der Waals surface area contributed by atoms with Gasteiger partial charge >= 0.3 is 0 Å². The molecule has 2 rings (SSSR count). The topological polar surface area (TPSA) is 71.2 Å². The molecule has 0 aromatic carbocycles. The van der Waals surface area contributed by atoms with Crippen LogP contribution in [0.1, 0.15) is 12.8 Å². The van der Waals surface area contributed by atoms with Gasteiger partial charge in [-0.05, 0) is 25.0 Å². The molecule has 0 amide bonds. The van der Waals surface area contributed by atoms with E-state index in [1.54, 1.807) is 12.3 Å². The van der Waals surface area contributed by atoms with Crippen LogP contribution in [-0.4, -0.2) is 22.2 Å². The third-order valence-corrected chi connectivity index (χ3v) is 2.27. The van der Waals surface area contributed by atoms with Crippen LogP contribution >= 0.6 is 0 Å². The predicted octanol–water partition coefficient (Wildman–Crippen LogP) is 0.599. The Bertz CT molecular complexity index is 279. The highest BCUT2D eigenvalue weighted by atomic mass is 16.3. The zero-order valence-corrected chi connectivity index (χ0v) is 7.27. The minimum atomic E-state index is -0.126. The number of aliphatic hydroxyl groups excluding tert-OH is 1. The fourth-order valence-corrected chi connectivity index (χ4v) is 1.43. The van der Waals surface area contributed by atoms with Crippen molar-refractivity contribution in [1.29, 1.82) is 0 Å². The summed E-state index contributed by atoms with van der Waals surface area (Å²) in [5.41, 5.74) is 6.41. The van der Waals surface area contributed by atoms with E-state index in [1.807, 2.05) is 6.07 Å². The first kappa shape index (κ1) is 8.31. The molecule has 13 heavy (non-hydrogen) atoms. The lowest BCUT2D eigenvalue weighted by Crippen LogP contribution is -2.38. The molecular formula is C9H13N3O. The van der Waals surface area contributed by atoms with E-state index in [2.05, 4.69) is 10.3 Å². The summed E-state index contributed by atoms with van der Waals surface area (Å²) in [4.78, 5) is 3.96. The van der Waals surface area contributed by atoms with Crippen molar-refractivity contribution in [1.82, 2.24) is 4.98 Å². The van der Waals surface area contributed by atoms with Gasteiger partial charge in [-0.3, -0.25) is 0 Å². The van der Waals surface area contributed by atoms with Crippen LogP contribution in [0, 0.1) is 0 Å². The van der Waals surface area contributed by atoms with E-state index in [1.165, 1.54) is 0 Å². The third-order valence-electron chi connectivity index (χ3n) is 2.27. The van der Waals surface area contributed by atoms with Crippen LogP contribution in [0.4, 0.5) is 11.5 Å². The summed E-state index contributed by atoms with van der Waals surface area (Å²) in [6.07, 6.45) is 3.23. The highest BCUT2D eigenvalue weighted by molar-refractivity contribution is 5.46. The monoisotopic (exact) mass is 179 g/mol. The van der Waals surface area contributed by atoms with Crippen molar-refractivity contribution >= 4 is 11.5 Å². The van der Waals surface area contributed by atoms with Gasteiger partial charge < -0.3 is 16.2 Å². The zero-order valence-electron chi connectivity index (χ0n) is 7.27. The van der Waals surface area contributed by atoms with Crippen LogP contribution in [0.15, 0.2) is 18.3 Å². The second-order valence-electron chi connectivity index (χ2n) is 3.44. The van der Waals surface area contributed by atoms with Crippen molar-refractivity contribution < 1.29 is 5.11 Å². The minimum Gasteiger partial charge on any atom is -0.393 e. The largest absolute Gasteiger partial charge is 0.393 e. The van der Waals surface area contributed by atoms with E-state index < -0.39 is 0 Å². The average Bonchev–Trinajstić information content (AvgIpc) is 2.06. The van der Waals surface area contributed by atoms with Crippen molar-refractivity contribution in [3.63, 3.8) is 0 Å². The number of rotatable bonds is 2. The fraction of sp³-hybridized carbons (Fsp3) is 0.444. The number of nitrogen functional groups attached to an aromatic ring is 1. The van der Waals surface area contributed by atoms with E-state index in [4.69, 9.17) is 10.8 Å². The lowest BCUT2D eigenvalue weighted by atomic mass is 9.89. The molecule has 1 aromatic heterocycles. The summed E-state index contributed by atoms with van der Waals surface area (Å²) >= 11 is 0. The maximum atomic E-state index is 9.06. The molecule has 0 bridgehead atoms. The molecule has 1 aliphatic carbocycles. The predicted molar refractivity (Wildman–Crippen MR) is 51.3 cm³/mol. The Morgan fingerprint density at radius 1 is 1.46 bits per heavy atom. The first-order chi connectivity index (χ1) is 6.24. The molecule has 1 heterocycles. The normalized spacial score (nSPS) is 26.5. The molecule has 1 aliphatic rings. The number of aromatic nitrogens is 1. The molecular weight excluding hydrogens is 166 g/mol. The van der Waals surface area contributed by atoms with Crippen LogP contribution in [0.5, 0.6) is 0 Å². The second kappa shape index (κ2) is 3.22. The Hall–Kier alpha value is -1.29. The zero-order chi connectivity index (χ0) is 9.26. The number of aliphatic hydroxyl groups is 1. The van der Waals surface area contributed by atoms with Gasteiger partial charge in [-0.15, -0.1) is 0 Å². The highest BCUT2D eigenvalue weighted by Gasteiger charge is 2.26. The highest BCUT2D eigenvalue weighted by Crippen LogP contribution is 2.23. The standard InChI is InChI=1S/C9H13N3O/c10-9-2-1-6(5-11-9)12-7-3-8(13)4-7/h1-2,5,7-8,12-13H,3-4H2,(H2,10,11). The van der Waals surface area contributed by atoms with Crippen LogP contribution in [-0.2, 0) is 0 Å². The minimum absolute atomic E-state index is 0.126. The van der Waals surface area contributed by atoms with Gasteiger partial charge in [0.1, 0.15) is 5.82 Å². The molecule has 4 nitrogen and oxygen atoms in total. The number of nitrogens with two attached hydrogens (primary N) is 1. The molecule has 4 N–H and O–H groups in total. The molecule has 0 aliphatic heterocycles. The van der Waals surface area contributed by atoms with E-state index in [-0.39, 0.29) is 6.10 Å². The van der Waals surface area contributed by atoms with Crippen molar-refractivity contribution in [2.24, 2.45) is 0 Å². The Morgan fingerprint density at radius 2 is 2.23 bits per heavy atom. The third kappa shape index (κ3) is 1.89. The molecule has 1 saturated carbocycles. The van der Waals surface area contributed by atoms with E-state index >= 15 is 0 Å². The van der Waals surface area contributed by atoms with Gasteiger partial charge in [0.05, 0.1) is 18.0 Å². The van der Waals surface area contributed by atoms with Crippen LogP contribution in [0.2, 0.25) is 0 Å². The van der Waals surface area contributed by atoms with Gasteiger partial charge in [0.25, 0.3) is 0 Å². The smallest absolute Gasteiger partial charge is 0.123 e. The first-order valence-electron chi connectivity index (χ1n) is 4.40. The summed E-state index contributed by atoms with van der Waals surface area (Å²) in [7, 11) is 0. The quantitative estimate of drug-likeness (QED) is 0.621. The number of anilines is 2. The van der Waals surface area contributed by atoms with Gasteiger partial charge in [-0.25, -0.2) is 4.98 Å². The maximum absolute atomic E-state index is 9.06. The van der Waals surface area contributed by atoms with Crippen molar-refractivity contribution in [2.45, 2.75) is 25.0 Å². The summed E-state index contributed by atoms with van der Waals surface area (Å²) < 4.78 is 0. The molecule has 4 heteroatoms. The number of hydrogen-bond acceptors (Lipinski definition) is 4. The molecule has 0 radical (unpaired) electrons. The van der Waals surface area contributed by atoms with Gasteiger partial charge in [0.15, 0.2) is 0 Å². The molecule has 0 unspecified atom stereocenters. The van der Waals surface area contributed by atoms with Crippen molar-refractivity contribution in [3.8, 4) is 0 Å². The first-order valence-corrected chi connectivity index (χ1v) is 4.40. The molecule has 0 saturated heterocycles. The maximum Gasteiger partial charge on any atom is 0.123 e. The molecule has 1 aromatic rings. The Labute approximate surface area is 76.8 Å². The molecule has 70 valence electrons. The average molecular weight is 179 g/mol. The lowest BCUT2D eigenvalue weighted by Gasteiger charge is -2.32. The second-order valence-corrected chi connectivity index (χ2v) is 3.44. The van der Waals surface area contributed by atoms with Gasteiger partial charge in [-0.1, -0.05) is 0 Å². The number of nitrogens with zero attached hydrogens (tertiary/aromatic N) is 1. The Balaban J connectivity index is 1.91. The SMILES string of the molecule is Nc1ccc(NC2CC(O)C2)cn1. The van der Waals surface area contributed by atoms with Crippen LogP contribution < -0.4 is 11.1 Å². The summed E-state index contributed by atoms with van der Waals surface area (Å²) in [5, 5.41) is 12.3. The lowest BCUT2D eigenvalue weighted by molar-refractivity contribution is 0.0836. The summed E-state index contributed by atoms with van der Waals surface area (Å²) in [6.45, 7) is 0. The Morgan fingerprint density at radius 3 is 2.77 bits per heavy atom. The van der Waals surface area contributed by atoms with E-state index in [9.17, 15) is 0 Å². The number of pyridine rings is 1. The van der Waals surface area contributed by atoms with Crippen LogP contribution in [0.3, 0.4) is 0 Å². The van der Waals surface area contributed by atoms with E-state index in [0.717, 1.165) is 18.5 Å². The molecule has 1 fully saturated rings. The summed E-state index contributed by atoms with van der Waals surface area (Å²) in [5.74, 6) is 0.527. The molecule has 0 atom stereocenters. The number of nitrogens with one attached hydrogen (secondary N) is 1. The number of hydrogen-bond donors (Lipinski definition) is 3. The summed E-state index contributed by atoms with van der Waals surface area (Å²) in [6, 6.07) is 4.05. The van der Waals surface area contributed by atoms with Gasteiger partial charge in [0, 0.05) is 6.04 Å². The van der Waals surface area contributed by atoms with Gasteiger partial charge in [-0.2, -0.15) is 0 Å². The molecule has 0 spiro atoms.